The number of rotatable bonds is 4. The molecule has 6 heteroatoms. The molecule has 112 valence electrons. The third-order valence-corrected chi connectivity index (χ3v) is 3.82. The number of hydrogen-bond donors (Lipinski definition) is 1. The molecule has 0 unspecified atom stereocenters. The maximum atomic E-state index is 12.4. The lowest BCUT2D eigenvalue weighted by Crippen LogP contribution is -2.37. The second-order valence-electron chi connectivity index (χ2n) is 5.13. The van der Waals surface area contributed by atoms with E-state index in [-0.39, 0.29) is 5.91 Å². The Bertz CT molecular complexity index is 583. The van der Waals surface area contributed by atoms with Crippen molar-refractivity contribution in [3.05, 3.63) is 35.9 Å². The van der Waals surface area contributed by atoms with Crippen LogP contribution < -0.4 is 4.74 Å². The van der Waals surface area contributed by atoms with Gasteiger partial charge in [0.1, 0.15) is 0 Å². The molecule has 0 radical (unpaired) electrons. The van der Waals surface area contributed by atoms with Crippen molar-refractivity contribution in [1.29, 1.82) is 0 Å². The lowest BCUT2D eigenvalue weighted by Gasteiger charge is -2.30. The van der Waals surface area contributed by atoms with E-state index in [1.807, 2.05) is 17.9 Å². The molecule has 0 spiro atoms. The van der Waals surface area contributed by atoms with Crippen LogP contribution in [0.2, 0.25) is 0 Å². The normalized spacial score (nSPS) is 16.1. The molecule has 0 bridgehead atoms. The van der Waals surface area contributed by atoms with Crippen molar-refractivity contribution >= 4 is 5.91 Å². The van der Waals surface area contributed by atoms with Gasteiger partial charge < -0.3 is 14.1 Å². The first-order valence-electron chi connectivity index (χ1n) is 7.29. The highest BCUT2D eigenvalue weighted by Gasteiger charge is 2.26. The van der Waals surface area contributed by atoms with E-state index in [9.17, 15) is 4.79 Å². The van der Waals surface area contributed by atoms with E-state index in [1.165, 1.54) is 0 Å². The number of amides is 1. The van der Waals surface area contributed by atoms with Gasteiger partial charge in [-0.1, -0.05) is 0 Å². The van der Waals surface area contributed by atoms with Crippen molar-refractivity contribution in [3.63, 3.8) is 0 Å². The fraction of sp³-hybridized carbons (Fsp3) is 0.467. The summed E-state index contributed by atoms with van der Waals surface area (Å²) in [7, 11) is 0. The van der Waals surface area contributed by atoms with Gasteiger partial charge in [0.2, 0.25) is 0 Å². The smallest absolute Gasteiger partial charge is 0.289 e. The third-order valence-electron chi connectivity index (χ3n) is 3.82. The molecule has 1 aliphatic heterocycles. The maximum absolute atomic E-state index is 12.4. The van der Waals surface area contributed by atoms with Crippen LogP contribution in [-0.4, -0.2) is 40.7 Å². The van der Waals surface area contributed by atoms with Gasteiger partial charge in [0.15, 0.2) is 5.76 Å². The number of furan rings is 1. The van der Waals surface area contributed by atoms with E-state index < -0.39 is 0 Å². The van der Waals surface area contributed by atoms with Crippen LogP contribution >= 0.6 is 0 Å². The van der Waals surface area contributed by atoms with Crippen molar-refractivity contribution in [1.82, 2.24) is 15.1 Å². The minimum absolute atomic E-state index is 0.0657. The SMILES string of the molecule is CCOc1ccc(C(=O)N2CCC(c3ccn[nH]3)CC2)o1. The Labute approximate surface area is 123 Å². The van der Waals surface area contributed by atoms with Crippen molar-refractivity contribution < 1.29 is 13.9 Å². The fourth-order valence-corrected chi connectivity index (χ4v) is 2.70. The van der Waals surface area contributed by atoms with E-state index in [0.717, 1.165) is 31.6 Å². The summed E-state index contributed by atoms with van der Waals surface area (Å²) < 4.78 is 10.7. The van der Waals surface area contributed by atoms with Crippen LogP contribution in [0.4, 0.5) is 0 Å². The molecule has 6 nitrogen and oxygen atoms in total. The number of carbonyl (C=O) groups is 1. The first-order chi connectivity index (χ1) is 10.3. The molecule has 1 aliphatic rings. The van der Waals surface area contributed by atoms with Gasteiger partial charge in [-0.2, -0.15) is 5.10 Å². The number of nitrogens with zero attached hydrogens (tertiary/aromatic N) is 2. The fourth-order valence-electron chi connectivity index (χ4n) is 2.70. The van der Waals surface area contributed by atoms with Crippen LogP contribution in [0.15, 0.2) is 28.8 Å². The van der Waals surface area contributed by atoms with Gasteiger partial charge >= 0.3 is 0 Å². The number of carbonyl (C=O) groups excluding carboxylic acids is 1. The highest BCUT2D eigenvalue weighted by Crippen LogP contribution is 2.27. The van der Waals surface area contributed by atoms with Crippen LogP contribution in [0.3, 0.4) is 0 Å². The molecule has 2 aromatic heterocycles. The van der Waals surface area contributed by atoms with Crippen molar-refractivity contribution in [2.75, 3.05) is 19.7 Å². The van der Waals surface area contributed by atoms with Gasteiger partial charge in [-0.3, -0.25) is 9.89 Å². The van der Waals surface area contributed by atoms with Crippen LogP contribution in [0.25, 0.3) is 0 Å². The number of likely N-dealkylation sites (tertiary alicyclic amines) is 1. The third kappa shape index (κ3) is 2.94. The van der Waals surface area contributed by atoms with Gasteiger partial charge in [-0.25, -0.2) is 0 Å². The Morgan fingerprint density at radius 1 is 1.43 bits per heavy atom. The average Bonchev–Trinajstić information content (AvgIpc) is 3.19. The van der Waals surface area contributed by atoms with E-state index in [4.69, 9.17) is 9.15 Å². The van der Waals surface area contributed by atoms with Gasteiger partial charge in [-0.05, 0) is 31.9 Å². The predicted molar refractivity (Wildman–Crippen MR) is 76.3 cm³/mol. The first-order valence-corrected chi connectivity index (χ1v) is 7.29. The molecule has 0 saturated carbocycles. The Balaban J connectivity index is 1.59. The minimum Gasteiger partial charge on any atom is -0.465 e. The Hall–Kier alpha value is -2.24. The Morgan fingerprint density at radius 3 is 2.90 bits per heavy atom. The summed E-state index contributed by atoms with van der Waals surface area (Å²) in [6.07, 6.45) is 3.64. The number of hydrogen-bond acceptors (Lipinski definition) is 4. The molecule has 0 atom stereocenters. The summed E-state index contributed by atoms with van der Waals surface area (Å²) in [5.74, 6) is 1.13. The molecule has 3 heterocycles. The largest absolute Gasteiger partial charge is 0.465 e. The second kappa shape index (κ2) is 6.03. The van der Waals surface area contributed by atoms with Crippen LogP contribution in [0.5, 0.6) is 5.95 Å². The number of H-pyrrole nitrogens is 1. The van der Waals surface area contributed by atoms with Crippen molar-refractivity contribution in [3.8, 4) is 5.95 Å². The molecule has 1 N–H and O–H groups in total. The topological polar surface area (TPSA) is 71.4 Å². The molecule has 0 aliphatic carbocycles. The number of piperidine rings is 1. The molecule has 1 amide bonds. The summed E-state index contributed by atoms with van der Waals surface area (Å²) in [5, 5.41) is 7.00. The lowest BCUT2D eigenvalue weighted by molar-refractivity contribution is 0.0672. The van der Waals surface area contributed by atoms with Gasteiger partial charge in [-0.15, -0.1) is 0 Å². The zero-order valence-corrected chi connectivity index (χ0v) is 12.0. The van der Waals surface area contributed by atoms with Crippen molar-refractivity contribution in [2.45, 2.75) is 25.7 Å². The number of nitrogens with one attached hydrogen (secondary N) is 1. The Morgan fingerprint density at radius 2 is 2.24 bits per heavy atom. The minimum atomic E-state index is -0.0657. The molecular formula is C15H19N3O3. The van der Waals surface area contributed by atoms with E-state index in [1.54, 1.807) is 18.3 Å². The maximum Gasteiger partial charge on any atom is 0.289 e. The summed E-state index contributed by atoms with van der Waals surface area (Å²) in [6, 6.07) is 5.37. The van der Waals surface area contributed by atoms with Gasteiger partial charge in [0.05, 0.1) is 6.61 Å². The molecule has 21 heavy (non-hydrogen) atoms. The number of aromatic amines is 1. The summed E-state index contributed by atoms with van der Waals surface area (Å²) in [6.45, 7) is 3.86. The van der Waals surface area contributed by atoms with E-state index in [2.05, 4.69) is 10.2 Å². The average molecular weight is 289 g/mol. The van der Waals surface area contributed by atoms with Crippen LogP contribution in [0, 0.1) is 0 Å². The first kappa shape index (κ1) is 13.7. The number of aromatic nitrogens is 2. The molecule has 1 saturated heterocycles. The quantitative estimate of drug-likeness (QED) is 0.938. The predicted octanol–water partition coefficient (Wildman–Crippen LogP) is 2.42. The zero-order chi connectivity index (χ0) is 14.7. The molecule has 1 fully saturated rings. The molecule has 2 aromatic rings. The van der Waals surface area contributed by atoms with Crippen molar-refractivity contribution in [2.24, 2.45) is 0 Å². The summed E-state index contributed by atoms with van der Waals surface area (Å²) >= 11 is 0. The van der Waals surface area contributed by atoms with E-state index in [0.29, 0.717) is 24.2 Å². The monoisotopic (exact) mass is 289 g/mol. The molecular weight excluding hydrogens is 270 g/mol. The van der Waals surface area contributed by atoms with Crippen LogP contribution in [0.1, 0.15) is 41.9 Å². The van der Waals surface area contributed by atoms with Gasteiger partial charge in [0.25, 0.3) is 11.9 Å². The van der Waals surface area contributed by atoms with E-state index >= 15 is 0 Å². The second-order valence-corrected chi connectivity index (χ2v) is 5.13. The lowest BCUT2D eigenvalue weighted by atomic mass is 9.93. The molecule has 0 aromatic carbocycles. The van der Waals surface area contributed by atoms with Crippen LogP contribution in [-0.2, 0) is 0 Å². The zero-order valence-electron chi connectivity index (χ0n) is 12.0. The standard InChI is InChI=1S/C15H19N3O3/c1-2-20-14-4-3-13(21-14)15(19)18-9-6-11(7-10-18)12-5-8-16-17-12/h3-5,8,11H,2,6-7,9-10H2,1H3,(H,16,17). The summed E-state index contributed by atoms with van der Waals surface area (Å²) in [4.78, 5) is 14.2. The van der Waals surface area contributed by atoms with Gasteiger partial charge in [0, 0.05) is 37.0 Å². The Kier molecular flexibility index (Phi) is 3.94. The highest BCUT2D eigenvalue weighted by atomic mass is 16.6. The summed E-state index contributed by atoms with van der Waals surface area (Å²) in [5.41, 5.74) is 1.15. The highest BCUT2D eigenvalue weighted by molar-refractivity contribution is 5.91. The molecule has 3 rings (SSSR count). The number of ether oxygens (including phenoxy) is 1.